The molecule has 0 aliphatic heterocycles. The van der Waals surface area contributed by atoms with Gasteiger partial charge in [0.05, 0.1) is 0 Å². The molecule has 0 radical (unpaired) electrons. The van der Waals surface area contributed by atoms with Crippen LogP contribution in [0.5, 0.6) is 0 Å². The highest BCUT2D eigenvalue weighted by atomic mass is 13.9. The minimum atomic E-state index is 1.21. The molecule has 0 atom stereocenters. The summed E-state index contributed by atoms with van der Waals surface area (Å²) >= 11 is 0. The van der Waals surface area contributed by atoms with Crippen molar-refractivity contribution in [2.45, 2.75) is 52.9 Å². The van der Waals surface area contributed by atoms with E-state index in [0.717, 1.165) is 0 Å². The Kier molecular flexibility index (Phi) is 8.82. The van der Waals surface area contributed by atoms with Gasteiger partial charge in [-0.1, -0.05) is 38.3 Å². The maximum atomic E-state index is 3.15. The van der Waals surface area contributed by atoms with E-state index in [-0.39, 0.29) is 0 Å². The van der Waals surface area contributed by atoms with E-state index in [2.05, 4.69) is 38.7 Å². The van der Waals surface area contributed by atoms with Crippen LogP contribution in [0.25, 0.3) is 0 Å². The number of unbranched alkanes of at least 4 members (excludes halogenated alkanes) is 4. The van der Waals surface area contributed by atoms with E-state index in [9.17, 15) is 0 Å². The molecule has 0 saturated heterocycles. The van der Waals surface area contributed by atoms with E-state index in [1.54, 1.807) is 0 Å². The molecule has 0 aromatic heterocycles. The van der Waals surface area contributed by atoms with E-state index in [1.165, 1.54) is 37.7 Å². The average molecular weight is 178 g/mol. The van der Waals surface area contributed by atoms with Crippen molar-refractivity contribution in [3.05, 3.63) is 29.5 Å². The van der Waals surface area contributed by atoms with Crippen LogP contribution >= 0.6 is 0 Å². The molecule has 0 heterocycles. The number of hydrogen-bond donors (Lipinski definition) is 0. The molecule has 0 aromatic rings. The lowest BCUT2D eigenvalue weighted by molar-refractivity contribution is 0.674. The quantitative estimate of drug-likeness (QED) is 0.316. The van der Waals surface area contributed by atoms with Gasteiger partial charge < -0.3 is 0 Å². The third kappa shape index (κ3) is 11.3. The normalized spacial score (nSPS) is 10.1. The highest BCUT2D eigenvalue weighted by Gasteiger charge is 1.82. The Bertz CT molecular complexity index is 186. The molecule has 0 aliphatic rings. The maximum Gasteiger partial charge on any atom is -0.0204 e. The van der Waals surface area contributed by atoms with Crippen LogP contribution < -0.4 is 0 Å². The van der Waals surface area contributed by atoms with E-state index in [0.29, 0.717) is 0 Å². The summed E-state index contributed by atoms with van der Waals surface area (Å²) in [7, 11) is 0. The Balaban J connectivity index is 3.37. The first-order valence-electron chi connectivity index (χ1n) is 5.32. The molecule has 0 saturated carbocycles. The first-order valence-corrected chi connectivity index (χ1v) is 5.32. The summed E-state index contributed by atoms with van der Waals surface area (Å²) in [5.74, 6) is 0. The molecule has 0 spiro atoms. The van der Waals surface area contributed by atoms with Crippen molar-refractivity contribution < 1.29 is 0 Å². The third-order valence-electron chi connectivity index (χ3n) is 1.83. The third-order valence-corrected chi connectivity index (χ3v) is 1.83. The Morgan fingerprint density at radius 3 is 2.54 bits per heavy atom. The largest absolute Gasteiger partial charge is 0.122 e. The van der Waals surface area contributed by atoms with Crippen molar-refractivity contribution in [2.75, 3.05) is 0 Å². The van der Waals surface area contributed by atoms with Crippen LogP contribution in [-0.2, 0) is 0 Å². The SMILES string of the molecule is CCCCCC/C=C\C=C=C(C)C. The van der Waals surface area contributed by atoms with Gasteiger partial charge in [0.1, 0.15) is 0 Å². The first kappa shape index (κ1) is 12.3. The lowest BCUT2D eigenvalue weighted by Gasteiger charge is -1.92. The van der Waals surface area contributed by atoms with Gasteiger partial charge in [0.2, 0.25) is 0 Å². The highest BCUT2D eigenvalue weighted by molar-refractivity contribution is 5.05. The van der Waals surface area contributed by atoms with Crippen molar-refractivity contribution in [3.63, 3.8) is 0 Å². The second-order valence-corrected chi connectivity index (χ2v) is 3.59. The van der Waals surface area contributed by atoms with Crippen molar-refractivity contribution >= 4 is 0 Å². The number of hydrogen-bond acceptors (Lipinski definition) is 0. The minimum absolute atomic E-state index is 1.21. The van der Waals surface area contributed by atoms with Gasteiger partial charge in [0, 0.05) is 0 Å². The molecule has 0 heteroatoms. The minimum Gasteiger partial charge on any atom is -0.122 e. The van der Waals surface area contributed by atoms with E-state index < -0.39 is 0 Å². The molecule has 0 aromatic carbocycles. The van der Waals surface area contributed by atoms with E-state index in [1.807, 2.05) is 6.08 Å². The fourth-order valence-corrected chi connectivity index (χ4v) is 1.07. The Morgan fingerprint density at radius 2 is 1.92 bits per heavy atom. The standard InChI is InChI=1S/C13H22/c1-4-5-6-7-8-9-10-11-12-13(2)3/h9-11H,4-8H2,1-3H3/b10-9-. The van der Waals surface area contributed by atoms with Crippen LogP contribution in [0.15, 0.2) is 29.5 Å². The molecule has 13 heavy (non-hydrogen) atoms. The fourth-order valence-electron chi connectivity index (χ4n) is 1.07. The predicted octanol–water partition coefficient (Wildman–Crippen LogP) is 4.63. The molecule has 0 fully saturated rings. The molecule has 0 bridgehead atoms. The van der Waals surface area contributed by atoms with Crippen LogP contribution in [0.1, 0.15) is 52.9 Å². The van der Waals surface area contributed by atoms with Crippen molar-refractivity contribution in [3.8, 4) is 0 Å². The second-order valence-electron chi connectivity index (χ2n) is 3.59. The van der Waals surface area contributed by atoms with Crippen LogP contribution in [0, 0.1) is 0 Å². The van der Waals surface area contributed by atoms with Crippen molar-refractivity contribution in [1.29, 1.82) is 0 Å². The van der Waals surface area contributed by atoms with Crippen LogP contribution in [-0.4, -0.2) is 0 Å². The van der Waals surface area contributed by atoms with Crippen LogP contribution in [0.4, 0.5) is 0 Å². The Hall–Kier alpha value is -0.740. The molecular formula is C13H22. The number of allylic oxidation sites excluding steroid dienone is 3. The Labute approximate surface area is 83.0 Å². The van der Waals surface area contributed by atoms with Crippen molar-refractivity contribution in [2.24, 2.45) is 0 Å². The Morgan fingerprint density at radius 1 is 1.15 bits per heavy atom. The zero-order valence-electron chi connectivity index (χ0n) is 9.27. The molecule has 74 valence electrons. The zero-order chi connectivity index (χ0) is 9.94. The second kappa shape index (κ2) is 9.35. The van der Waals surface area contributed by atoms with Gasteiger partial charge in [-0.05, 0) is 38.3 Å². The van der Waals surface area contributed by atoms with E-state index in [4.69, 9.17) is 0 Å². The number of rotatable bonds is 6. The summed E-state index contributed by atoms with van der Waals surface area (Å²) in [4.78, 5) is 0. The van der Waals surface area contributed by atoms with E-state index >= 15 is 0 Å². The van der Waals surface area contributed by atoms with Crippen LogP contribution in [0.2, 0.25) is 0 Å². The molecular weight excluding hydrogens is 156 g/mol. The molecule has 0 rings (SSSR count). The summed E-state index contributed by atoms with van der Waals surface area (Å²) in [6.07, 6.45) is 12.9. The van der Waals surface area contributed by atoms with Gasteiger partial charge in [0.25, 0.3) is 0 Å². The topological polar surface area (TPSA) is 0 Å². The lowest BCUT2D eigenvalue weighted by atomic mass is 10.1. The fraction of sp³-hybridized carbons (Fsp3) is 0.615. The smallest absolute Gasteiger partial charge is 0.0204 e. The van der Waals surface area contributed by atoms with Gasteiger partial charge >= 0.3 is 0 Å². The van der Waals surface area contributed by atoms with Gasteiger partial charge in [-0.3, -0.25) is 0 Å². The highest BCUT2D eigenvalue weighted by Crippen LogP contribution is 2.02. The van der Waals surface area contributed by atoms with Gasteiger partial charge in [-0.2, -0.15) is 0 Å². The summed E-state index contributed by atoms with van der Waals surface area (Å²) in [5, 5.41) is 0. The molecule has 0 unspecified atom stereocenters. The summed E-state index contributed by atoms with van der Waals surface area (Å²) < 4.78 is 0. The van der Waals surface area contributed by atoms with Crippen LogP contribution in [0.3, 0.4) is 0 Å². The monoisotopic (exact) mass is 178 g/mol. The summed E-state index contributed by atoms with van der Waals surface area (Å²) in [5.41, 5.74) is 4.38. The van der Waals surface area contributed by atoms with Gasteiger partial charge in [-0.15, -0.1) is 5.73 Å². The van der Waals surface area contributed by atoms with Crippen molar-refractivity contribution in [1.82, 2.24) is 0 Å². The predicted molar refractivity (Wildman–Crippen MR) is 60.8 cm³/mol. The zero-order valence-corrected chi connectivity index (χ0v) is 9.27. The summed E-state index contributed by atoms with van der Waals surface area (Å²) in [6, 6.07) is 0. The molecule has 0 N–H and O–H groups in total. The van der Waals surface area contributed by atoms with Gasteiger partial charge in [0.15, 0.2) is 0 Å². The first-order chi connectivity index (χ1) is 6.27. The van der Waals surface area contributed by atoms with Gasteiger partial charge in [-0.25, -0.2) is 0 Å². The maximum absolute atomic E-state index is 3.15. The molecule has 0 amide bonds. The molecule has 0 nitrogen and oxygen atoms in total. The summed E-state index contributed by atoms with van der Waals surface area (Å²) in [6.45, 7) is 6.37. The lowest BCUT2D eigenvalue weighted by Crippen LogP contribution is -1.72. The average Bonchev–Trinajstić information content (AvgIpc) is 2.09. The molecule has 0 aliphatic carbocycles.